The third kappa shape index (κ3) is 3.85. The lowest BCUT2D eigenvalue weighted by molar-refractivity contribution is -0.362. The zero-order valence-corrected chi connectivity index (χ0v) is 15.0. The van der Waals surface area contributed by atoms with Crippen LogP contribution in [0.3, 0.4) is 0 Å². The van der Waals surface area contributed by atoms with Gasteiger partial charge in [0.15, 0.2) is 0 Å². The molecule has 0 aromatic heterocycles. The molecule has 0 heterocycles. The van der Waals surface area contributed by atoms with Crippen LogP contribution in [-0.4, -0.2) is 62.1 Å². The second kappa shape index (κ2) is 7.13. The van der Waals surface area contributed by atoms with E-state index in [0.717, 1.165) is 0 Å². The number of hydrogen-bond acceptors (Lipinski definition) is 6. The molecule has 2 fully saturated rings. The highest BCUT2D eigenvalue weighted by Gasteiger charge is 2.76. The van der Waals surface area contributed by atoms with Crippen LogP contribution in [-0.2, 0) is 29.2 Å². The molecule has 5 atom stereocenters. The largest absolute Gasteiger partial charge is 0.438 e. The topological polar surface area (TPSA) is 107 Å². The van der Waals surface area contributed by atoms with E-state index in [1.54, 1.807) is 0 Å². The Hall–Kier alpha value is -1.41. The summed E-state index contributed by atoms with van der Waals surface area (Å²) >= 11 is 0. The summed E-state index contributed by atoms with van der Waals surface area (Å²) in [7, 11) is -4.56. The molecule has 0 radical (unpaired) electrons. The molecule has 0 amide bonds. The highest BCUT2D eigenvalue weighted by atomic mass is 32.2. The van der Waals surface area contributed by atoms with E-state index in [4.69, 9.17) is 9.29 Å². The summed E-state index contributed by atoms with van der Waals surface area (Å²) in [6, 6.07) is 0. The molecule has 0 saturated heterocycles. The summed E-state index contributed by atoms with van der Waals surface area (Å²) in [4.78, 5) is 23.6. The van der Waals surface area contributed by atoms with Gasteiger partial charge < -0.3 is 14.3 Å². The smallest absolute Gasteiger partial charge is 0.438 e. The van der Waals surface area contributed by atoms with Gasteiger partial charge in [-0.25, -0.2) is 0 Å². The molecular weight excluding hydrogens is 426 g/mol. The summed E-state index contributed by atoms with van der Waals surface area (Å²) in [6.07, 6.45) is -12.8. The minimum Gasteiger partial charge on any atom is -0.438 e. The predicted octanol–water partition coefficient (Wildman–Crippen LogP) is 1.77. The molecule has 28 heavy (non-hydrogen) atoms. The van der Waals surface area contributed by atoms with E-state index in [0.29, 0.717) is 0 Å². The van der Waals surface area contributed by atoms with Gasteiger partial charge in [0.25, 0.3) is 10.1 Å². The van der Waals surface area contributed by atoms with E-state index in [1.807, 2.05) is 0 Å². The highest BCUT2D eigenvalue weighted by molar-refractivity contribution is 7.85. The lowest BCUT2D eigenvalue weighted by Crippen LogP contribution is -2.64. The van der Waals surface area contributed by atoms with Crippen LogP contribution >= 0.6 is 0 Å². The van der Waals surface area contributed by atoms with Gasteiger partial charge in [-0.2, -0.15) is 34.8 Å². The number of halogens is 6. The van der Waals surface area contributed by atoms with E-state index >= 15 is 0 Å². The van der Waals surface area contributed by atoms with Crippen LogP contribution in [0.1, 0.15) is 12.8 Å². The number of carbonyl (C=O) groups excluding carboxylic acids is 2. The van der Waals surface area contributed by atoms with Gasteiger partial charge >= 0.3 is 23.9 Å². The van der Waals surface area contributed by atoms with Crippen molar-refractivity contribution in [3.05, 3.63) is 0 Å². The van der Waals surface area contributed by atoms with Crippen molar-refractivity contribution in [2.45, 2.75) is 36.9 Å². The van der Waals surface area contributed by atoms with Gasteiger partial charge in [0, 0.05) is 13.0 Å². The number of fused-ring (bicyclic) bond motifs is 2. The van der Waals surface area contributed by atoms with Crippen LogP contribution < -0.4 is 0 Å². The average molecular weight is 442 g/mol. The Balaban J connectivity index is 2.42. The molecule has 2 saturated carbocycles. The molecule has 2 aliphatic carbocycles. The van der Waals surface area contributed by atoms with Gasteiger partial charge in [0.05, 0.1) is 12.0 Å². The third-order valence-electron chi connectivity index (χ3n) is 5.31. The van der Waals surface area contributed by atoms with Crippen molar-refractivity contribution in [3.63, 3.8) is 0 Å². The van der Waals surface area contributed by atoms with Gasteiger partial charge in [0.1, 0.15) is 12.0 Å². The summed E-state index contributed by atoms with van der Waals surface area (Å²) in [5, 5.41) is 0. The maximum Gasteiger partial charge on any atom is 0.438 e. The van der Waals surface area contributed by atoms with Crippen molar-refractivity contribution in [2.24, 2.45) is 23.7 Å². The first kappa shape index (κ1) is 22.9. The number of aldehydes is 1. The molecule has 0 aromatic rings. The zero-order valence-electron chi connectivity index (χ0n) is 14.2. The molecule has 2 bridgehead atoms. The van der Waals surface area contributed by atoms with E-state index in [9.17, 15) is 44.3 Å². The van der Waals surface area contributed by atoms with Gasteiger partial charge in [-0.1, -0.05) is 0 Å². The van der Waals surface area contributed by atoms with E-state index < -0.39 is 69.6 Å². The van der Waals surface area contributed by atoms with Crippen LogP contribution in [0.2, 0.25) is 0 Å². The van der Waals surface area contributed by atoms with Gasteiger partial charge in [-0.05, 0) is 24.7 Å². The number of carbonyl (C=O) groups is 2. The number of esters is 1. The van der Waals surface area contributed by atoms with E-state index in [2.05, 4.69) is 4.74 Å². The first-order valence-electron chi connectivity index (χ1n) is 7.87. The zero-order chi connectivity index (χ0) is 21.7. The summed E-state index contributed by atoms with van der Waals surface area (Å²) in [5.74, 6) is -9.15. The maximum atomic E-state index is 13.3. The fourth-order valence-corrected chi connectivity index (χ4v) is 5.02. The molecule has 5 unspecified atom stereocenters. The Morgan fingerprint density at radius 2 is 1.68 bits per heavy atom. The van der Waals surface area contributed by atoms with Crippen molar-refractivity contribution in [3.8, 4) is 0 Å². The fraction of sp³-hybridized carbons (Fsp3) is 0.857. The average Bonchev–Trinajstić information content (AvgIpc) is 3.07. The Morgan fingerprint density at radius 3 is 2.07 bits per heavy atom. The van der Waals surface area contributed by atoms with Crippen LogP contribution in [0, 0.1) is 23.7 Å². The molecule has 0 aromatic carbocycles. The number of methoxy groups -OCH3 is 1. The summed E-state index contributed by atoms with van der Waals surface area (Å²) < 4.78 is 119. The van der Waals surface area contributed by atoms with Crippen LogP contribution in [0.4, 0.5) is 26.3 Å². The Labute approximate surface area is 155 Å². The standard InChI is InChI=1S/C14H16F6O7S/c1-26-9-3-6-2-7(9)8(4-21)10(6)11(22)27-12(13(15,16)17,14(18,19)20)5-28(23,24)25/h4,6-10H,2-3,5H2,1H3,(H,23,24,25). The van der Waals surface area contributed by atoms with Crippen molar-refractivity contribution >= 4 is 22.4 Å². The molecule has 1 N–H and O–H groups in total. The third-order valence-corrected chi connectivity index (χ3v) is 6.08. The molecule has 0 spiro atoms. The molecule has 7 nitrogen and oxygen atoms in total. The molecule has 14 heteroatoms. The highest BCUT2D eigenvalue weighted by Crippen LogP contribution is 2.54. The first-order chi connectivity index (χ1) is 12.6. The Kier molecular flexibility index (Phi) is 5.82. The van der Waals surface area contributed by atoms with Crippen molar-refractivity contribution in [1.82, 2.24) is 0 Å². The quantitative estimate of drug-likeness (QED) is 0.289. The second-order valence-corrected chi connectivity index (χ2v) is 8.33. The van der Waals surface area contributed by atoms with Gasteiger partial charge in [-0.3, -0.25) is 9.35 Å². The minimum atomic E-state index is -6.40. The SMILES string of the molecule is COC1CC2CC1C(C=O)C2C(=O)OC(CS(=O)(=O)O)(C(F)(F)F)C(F)(F)F. The van der Waals surface area contributed by atoms with E-state index in [-0.39, 0.29) is 19.1 Å². The second-order valence-electron chi connectivity index (χ2n) is 6.88. The predicted molar refractivity (Wildman–Crippen MR) is 77.4 cm³/mol. The molecule has 0 aliphatic heterocycles. The van der Waals surface area contributed by atoms with Gasteiger partial charge in [-0.15, -0.1) is 0 Å². The lowest BCUT2D eigenvalue weighted by atomic mass is 9.78. The van der Waals surface area contributed by atoms with Gasteiger partial charge in [0.2, 0.25) is 0 Å². The molecule has 2 rings (SSSR count). The Morgan fingerprint density at radius 1 is 1.14 bits per heavy atom. The van der Waals surface area contributed by atoms with Crippen molar-refractivity contribution in [2.75, 3.05) is 12.9 Å². The summed E-state index contributed by atoms with van der Waals surface area (Å²) in [6.45, 7) is 0. The maximum absolute atomic E-state index is 13.3. The Bertz CT molecular complexity index is 717. The molecular formula is C14H16F6O7S. The van der Waals surface area contributed by atoms with Crippen molar-refractivity contribution in [1.29, 1.82) is 0 Å². The van der Waals surface area contributed by atoms with Crippen LogP contribution in [0.5, 0.6) is 0 Å². The number of rotatable bonds is 6. The summed E-state index contributed by atoms with van der Waals surface area (Å²) in [5.41, 5.74) is -5.47. The minimum absolute atomic E-state index is 0.120. The normalized spacial score (nSPS) is 31.1. The lowest BCUT2D eigenvalue weighted by Gasteiger charge is -2.38. The number of hydrogen-bond donors (Lipinski definition) is 1. The number of ether oxygens (including phenoxy) is 2. The fourth-order valence-electron chi connectivity index (χ4n) is 4.12. The number of alkyl halides is 6. The van der Waals surface area contributed by atoms with E-state index in [1.165, 1.54) is 7.11 Å². The van der Waals surface area contributed by atoms with Crippen LogP contribution in [0.25, 0.3) is 0 Å². The first-order valence-corrected chi connectivity index (χ1v) is 9.48. The molecule has 2 aliphatic rings. The van der Waals surface area contributed by atoms with Crippen molar-refractivity contribution < 1.29 is 58.4 Å². The molecule has 162 valence electrons. The van der Waals surface area contributed by atoms with Crippen LogP contribution in [0.15, 0.2) is 0 Å². The monoisotopic (exact) mass is 442 g/mol.